The van der Waals surface area contributed by atoms with E-state index in [-0.39, 0.29) is 16.4 Å². The van der Waals surface area contributed by atoms with Crippen molar-refractivity contribution in [2.24, 2.45) is 0 Å². The maximum absolute atomic E-state index is 13.6. The summed E-state index contributed by atoms with van der Waals surface area (Å²) in [6, 6.07) is 9.60. The van der Waals surface area contributed by atoms with Crippen molar-refractivity contribution < 1.29 is 40.7 Å². The lowest BCUT2D eigenvalue weighted by Gasteiger charge is -2.13. The molecule has 0 fully saturated rings. The number of alkyl halides is 6. The van der Waals surface area contributed by atoms with Gasteiger partial charge in [-0.25, -0.2) is 23.9 Å². The van der Waals surface area contributed by atoms with Crippen molar-refractivity contribution in [2.75, 3.05) is 7.11 Å². The number of rotatable bonds is 7. The SMILES string of the molecule is COC(=O)c1nc(Cn2nc(-c3ccc(Cl)cc3)n(CC(=O)C(F)(F)F)c2=O)nn1-c1ccccc1C(F)(F)F. The molecule has 0 N–H and O–H groups in total. The molecular weight excluding hydrogens is 574 g/mol. The zero-order valence-corrected chi connectivity index (χ0v) is 20.8. The van der Waals surface area contributed by atoms with Crippen molar-refractivity contribution in [1.82, 2.24) is 29.1 Å². The zero-order valence-electron chi connectivity index (χ0n) is 20.0. The minimum Gasteiger partial charge on any atom is -0.463 e. The highest BCUT2D eigenvalue weighted by atomic mass is 35.5. The Morgan fingerprint density at radius 1 is 0.975 bits per heavy atom. The van der Waals surface area contributed by atoms with E-state index in [1.165, 1.54) is 30.3 Å². The van der Waals surface area contributed by atoms with Gasteiger partial charge >= 0.3 is 24.0 Å². The Hall–Kier alpha value is -4.47. The van der Waals surface area contributed by atoms with Gasteiger partial charge in [0.25, 0.3) is 5.78 Å². The van der Waals surface area contributed by atoms with Crippen molar-refractivity contribution in [3.63, 3.8) is 0 Å². The molecule has 0 aliphatic rings. The van der Waals surface area contributed by atoms with Gasteiger partial charge in [0.1, 0.15) is 6.54 Å². The van der Waals surface area contributed by atoms with E-state index in [9.17, 15) is 40.7 Å². The van der Waals surface area contributed by atoms with E-state index in [1.807, 2.05) is 0 Å². The highest BCUT2D eigenvalue weighted by Crippen LogP contribution is 2.34. The Kier molecular flexibility index (Phi) is 7.56. The van der Waals surface area contributed by atoms with Gasteiger partial charge in [-0.1, -0.05) is 23.7 Å². The molecule has 40 heavy (non-hydrogen) atoms. The van der Waals surface area contributed by atoms with E-state index < -0.39 is 65.8 Å². The van der Waals surface area contributed by atoms with Gasteiger partial charge in [0.15, 0.2) is 11.6 Å². The predicted molar refractivity (Wildman–Crippen MR) is 125 cm³/mol. The highest BCUT2D eigenvalue weighted by Gasteiger charge is 2.39. The first-order chi connectivity index (χ1) is 18.7. The van der Waals surface area contributed by atoms with Crippen LogP contribution in [0.25, 0.3) is 17.1 Å². The number of nitrogens with zero attached hydrogens (tertiary/aromatic N) is 6. The van der Waals surface area contributed by atoms with Crippen LogP contribution in [-0.2, 0) is 28.8 Å². The summed E-state index contributed by atoms with van der Waals surface area (Å²) in [6.45, 7) is -2.10. The Morgan fingerprint density at radius 2 is 1.62 bits per heavy atom. The van der Waals surface area contributed by atoms with Gasteiger partial charge in [0.2, 0.25) is 5.82 Å². The molecule has 17 heteroatoms. The van der Waals surface area contributed by atoms with Crippen molar-refractivity contribution in [3.05, 3.63) is 81.3 Å². The molecular formula is C23H15ClF6N6O4. The van der Waals surface area contributed by atoms with Crippen LogP contribution >= 0.6 is 11.6 Å². The number of hydrogen-bond acceptors (Lipinski definition) is 7. The summed E-state index contributed by atoms with van der Waals surface area (Å²) in [5.41, 5.74) is -2.80. The van der Waals surface area contributed by atoms with Gasteiger partial charge in [-0.2, -0.15) is 26.3 Å². The molecule has 4 aromatic rings. The van der Waals surface area contributed by atoms with Crippen molar-refractivity contribution in [1.29, 1.82) is 0 Å². The second-order valence-electron chi connectivity index (χ2n) is 8.05. The van der Waals surface area contributed by atoms with Crippen LogP contribution < -0.4 is 5.69 Å². The highest BCUT2D eigenvalue weighted by molar-refractivity contribution is 6.30. The maximum Gasteiger partial charge on any atom is 0.451 e. The standard InChI is InChI=1S/C23H15ClF6N6O4/c1-40-20(38)19-31-17(32-36(19)15-5-3-2-4-14(15)22(25,26)27)11-35-21(39)34(10-16(37)23(28,29)30)18(33-35)12-6-8-13(24)9-7-12/h2-9H,10-11H2,1H3. The largest absolute Gasteiger partial charge is 0.463 e. The van der Waals surface area contributed by atoms with Crippen LogP contribution in [0.4, 0.5) is 26.3 Å². The van der Waals surface area contributed by atoms with Gasteiger partial charge in [-0.05, 0) is 36.4 Å². The number of Topliss-reactive ketones (excluding diaryl/α,β-unsaturated/α-hetero) is 1. The topological polar surface area (TPSA) is 114 Å². The first-order valence-corrected chi connectivity index (χ1v) is 11.3. The smallest absolute Gasteiger partial charge is 0.451 e. The summed E-state index contributed by atoms with van der Waals surface area (Å²) in [6.07, 6.45) is -10.1. The van der Waals surface area contributed by atoms with Gasteiger partial charge in [-0.15, -0.1) is 10.2 Å². The Bertz CT molecular complexity index is 1640. The third kappa shape index (κ3) is 5.75. The molecule has 0 atom stereocenters. The third-order valence-corrected chi connectivity index (χ3v) is 5.64. The monoisotopic (exact) mass is 588 g/mol. The molecule has 0 amide bonds. The summed E-state index contributed by atoms with van der Waals surface area (Å²) < 4.78 is 86.1. The molecule has 2 heterocycles. The Labute approximate surface area is 224 Å². The Balaban J connectivity index is 1.83. The fourth-order valence-electron chi connectivity index (χ4n) is 3.58. The van der Waals surface area contributed by atoms with Gasteiger partial charge < -0.3 is 4.74 Å². The number of para-hydroxylation sites is 1. The number of carbonyl (C=O) groups excluding carboxylic acids is 2. The molecule has 4 rings (SSSR count). The fraction of sp³-hybridized carbons (Fsp3) is 0.217. The average molecular weight is 589 g/mol. The number of methoxy groups -OCH3 is 1. The third-order valence-electron chi connectivity index (χ3n) is 5.39. The van der Waals surface area contributed by atoms with Crippen molar-refractivity contribution in [3.8, 4) is 17.1 Å². The summed E-state index contributed by atoms with van der Waals surface area (Å²) in [4.78, 5) is 40.9. The average Bonchev–Trinajstić information content (AvgIpc) is 3.44. The molecule has 0 bridgehead atoms. The van der Waals surface area contributed by atoms with Gasteiger partial charge in [0, 0.05) is 10.6 Å². The lowest BCUT2D eigenvalue weighted by molar-refractivity contribution is -0.171. The molecule has 2 aromatic carbocycles. The second kappa shape index (κ2) is 10.6. The number of halogens is 7. The first kappa shape index (κ1) is 28.5. The number of ketones is 1. The lowest BCUT2D eigenvalue weighted by Crippen LogP contribution is -2.33. The molecule has 0 radical (unpaired) electrons. The lowest BCUT2D eigenvalue weighted by atomic mass is 10.1. The minimum absolute atomic E-state index is 0.128. The van der Waals surface area contributed by atoms with Crippen LogP contribution in [0.1, 0.15) is 22.0 Å². The fourth-order valence-corrected chi connectivity index (χ4v) is 3.70. The van der Waals surface area contributed by atoms with Crippen LogP contribution in [0.15, 0.2) is 53.3 Å². The summed E-state index contributed by atoms with van der Waals surface area (Å²) in [7, 11) is 0.957. The number of carbonyl (C=O) groups is 2. The summed E-state index contributed by atoms with van der Waals surface area (Å²) in [5, 5.41) is 8.18. The number of aromatic nitrogens is 6. The Morgan fingerprint density at radius 3 is 2.23 bits per heavy atom. The molecule has 0 spiro atoms. The number of ether oxygens (including phenoxy) is 1. The van der Waals surface area contributed by atoms with Crippen molar-refractivity contribution in [2.45, 2.75) is 25.4 Å². The molecule has 0 aliphatic heterocycles. The van der Waals surface area contributed by atoms with Crippen LogP contribution in [0.2, 0.25) is 5.02 Å². The van der Waals surface area contributed by atoms with Crippen LogP contribution in [0.5, 0.6) is 0 Å². The normalized spacial score (nSPS) is 12.0. The van der Waals surface area contributed by atoms with E-state index in [2.05, 4.69) is 19.9 Å². The first-order valence-electron chi connectivity index (χ1n) is 10.9. The molecule has 0 unspecified atom stereocenters. The van der Waals surface area contributed by atoms with E-state index in [4.69, 9.17) is 11.6 Å². The summed E-state index contributed by atoms with van der Waals surface area (Å²) in [5.74, 6) is -4.81. The van der Waals surface area contributed by atoms with E-state index >= 15 is 0 Å². The predicted octanol–water partition coefficient (Wildman–Crippen LogP) is 3.93. The van der Waals surface area contributed by atoms with E-state index in [0.29, 0.717) is 13.9 Å². The minimum atomic E-state index is -5.25. The van der Waals surface area contributed by atoms with Gasteiger partial charge in [0.05, 0.1) is 24.9 Å². The second-order valence-corrected chi connectivity index (χ2v) is 8.48. The quantitative estimate of drug-likeness (QED) is 0.237. The van der Waals surface area contributed by atoms with Crippen LogP contribution in [-0.4, -0.2) is 54.2 Å². The van der Waals surface area contributed by atoms with Crippen LogP contribution in [0.3, 0.4) is 0 Å². The van der Waals surface area contributed by atoms with Gasteiger partial charge in [-0.3, -0.25) is 9.36 Å². The number of hydrogen-bond donors (Lipinski definition) is 0. The van der Waals surface area contributed by atoms with E-state index in [1.54, 1.807) is 0 Å². The molecule has 210 valence electrons. The number of esters is 1. The molecule has 0 saturated heterocycles. The number of benzene rings is 2. The van der Waals surface area contributed by atoms with E-state index in [0.717, 1.165) is 25.3 Å². The van der Waals surface area contributed by atoms with Crippen molar-refractivity contribution >= 4 is 23.4 Å². The van der Waals surface area contributed by atoms with Crippen LogP contribution in [0, 0.1) is 0 Å². The zero-order chi connectivity index (χ0) is 29.4. The molecule has 0 aliphatic carbocycles. The summed E-state index contributed by atoms with van der Waals surface area (Å²) >= 11 is 5.85. The molecule has 2 aromatic heterocycles. The maximum atomic E-state index is 13.6. The molecule has 10 nitrogen and oxygen atoms in total. The molecule has 0 saturated carbocycles.